The van der Waals surface area contributed by atoms with Crippen molar-refractivity contribution in [1.82, 2.24) is 9.78 Å². The Labute approximate surface area is 131 Å². The van der Waals surface area contributed by atoms with Gasteiger partial charge >= 0.3 is 5.97 Å². The van der Waals surface area contributed by atoms with E-state index in [1.165, 1.54) is 17.1 Å². The molecule has 118 valence electrons. The van der Waals surface area contributed by atoms with Crippen LogP contribution >= 0.6 is 11.3 Å². The molecule has 22 heavy (non-hydrogen) atoms. The highest BCUT2D eigenvalue weighted by Gasteiger charge is 2.36. The molecule has 2 aromatic heterocycles. The molecule has 3 rings (SSSR count). The first-order chi connectivity index (χ1) is 10.4. The topological polar surface area (TPSA) is 92.5 Å². The fourth-order valence-electron chi connectivity index (χ4n) is 2.29. The van der Waals surface area contributed by atoms with Crippen molar-refractivity contribution in [2.24, 2.45) is 7.05 Å². The molecule has 1 aliphatic carbocycles. The summed E-state index contributed by atoms with van der Waals surface area (Å²) in [5.74, 6) is -0.937. The lowest BCUT2D eigenvalue weighted by atomic mass is 10.2. The summed E-state index contributed by atoms with van der Waals surface area (Å²) in [5, 5.41) is 14.7. The van der Waals surface area contributed by atoms with Gasteiger partial charge in [0.2, 0.25) is 0 Å². The maximum Gasteiger partial charge on any atom is 0.324 e. The predicted octanol–water partition coefficient (Wildman–Crippen LogP) is 1.64. The fraction of sp³-hybridized carbons (Fsp3) is 0.385. The molecule has 0 saturated heterocycles. The number of aromatic nitrogens is 2. The second-order valence-electron chi connectivity index (χ2n) is 5.22. The number of aryl methyl sites for hydroxylation is 1. The average molecular weight is 341 g/mol. The van der Waals surface area contributed by atoms with Crippen molar-refractivity contribution in [2.45, 2.75) is 23.0 Å². The quantitative estimate of drug-likeness (QED) is 0.862. The normalized spacial score (nSPS) is 15.0. The molecule has 1 N–H and O–H groups in total. The maximum atomic E-state index is 12.9. The van der Waals surface area contributed by atoms with Gasteiger partial charge in [-0.15, -0.1) is 11.3 Å². The van der Waals surface area contributed by atoms with Crippen LogP contribution in [0.25, 0.3) is 0 Å². The van der Waals surface area contributed by atoms with Crippen LogP contribution < -0.4 is 4.31 Å². The Balaban J connectivity index is 2.05. The SMILES string of the molecule is Cn1cc(N(CC(=O)O)S(=O)(=O)c2sccc2C2CC2)cn1. The highest BCUT2D eigenvalue weighted by Crippen LogP contribution is 2.45. The summed E-state index contributed by atoms with van der Waals surface area (Å²) in [6.07, 6.45) is 4.80. The zero-order valence-electron chi connectivity index (χ0n) is 11.8. The number of thiophene rings is 1. The lowest BCUT2D eigenvalue weighted by Crippen LogP contribution is -2.35. The van der Waals surface area contributed by atoms with Gasteiger partial charge < -0.3 is 5.11 Å². The largest absolute Gasteiger partial charge is 0.480 e. The molecule has 0 bridgehead atoms. The van der Waals surface area contributed by atoms with Gasteiger partial charge in [0.1, 0.15) is 10.8 Å². The van der Waals surface area contributed by atoms with Crippen LogP contribution in [0, 0.1) is 0 Å². The van der Waals surface area contributed by atoms with Crippen LogP contribution in [0.5, 0.6) is 0 Å². The van der Waals surface area contributed by atoms with E-state index in [4.69, 9.17) is 5.11 Å². The zero-order valence-corrected chi connectivity index (χ0v) is 13.5. The van der Waals surface area contributed by atoms with Gasteiger partial charge in [0.05, 0.1) is 11.9 Å². The first-order valence-corrected chi connectivity index (χ1v) is 9.02. The molecule has 1 aliphatic rings. The Kier molecular flexibility index (Phi) is 3.69. The molecule has 0 atom stereocenters. The van der Waals surface area contributed by atoms with Crippen LogP contribution in [-0.2, 0) is 21.9 Å². The van der Waals surface area contributed by atoms with Crippen molar-refractivity contribution in [2.75, 3.05) is 10.8 Å². The van der Waals surface area contributed by atoms with Crippen molar-refractivity contribution in [3.8, 4) is 0 Å². The molecule has 1 fully saturated rings. The first kappa shape index (κ1) is 15.0. The molecular weight excluding hydrogens is 326 g/mol. The number of carbonyl (C=O) groups is 1. The number of rotatable bonds is 6. The molecule has 2 heterocycles. The Morgan fingerprint density at radius 3 is 2.82 bits per heavy atom. The van der Waals surface area contributed by atoms with Gasteiger partial charge in [0.25, 0.3) is 10.0 Å². The maximum absolute atomic E-state index is 12.9. The Hall–Kier alpha value is -1.87. The van der Waals surface area contributed by atoms with Crippen molar-refractivity contribution < 1.29 is 18.3 Å². The Morgan fingerprint density at radius 1 is 1.55 bits per heavy atom. The number of hydrogen-bond acceptors (Lipinski definition) is 5. The van der Waals surface area contributed by atoms with Gasteiger partial charge in [0, 0.05) is 13.2 Å². The van der Waals surface area contributed by atoms with Gasteiger partial charge in [-0.25, -0.2) is 8.42 Å². The van der Waals surface area contributed by atoms with E-state index >= 15 is 0 Å². The molecular formula is C13H15N3O4S2. The Bertz CT molecular complexity index is 805. The van der Waals surface area contributed by atoms with Crippen molar-refractivity contribution in [3.63, 3.8) is 0 Å². The third kappa shape index (κ3) is 2.73. The zero-order chi connectivity index (χ0) is 15.9. The summed E-state index contributed by atoms with van der Waals surface area (Å²) >= 11 is 1.13. The van der Waals surface area contributed by atoms with Gasteiger partial charge in [0.15, 0.2) is 0 Å². The van der Waals surface area contributed by atoms with Crippen LogP contribution in [0.2, 0.25) is 0 Å². The minimum Gasteiger partial charge on any atom is -0.480 e. The van der Waals surface area contributed by atoms with Crippen molar-refractivity contribution >= 4 is 33.0 Å². The first-order valence-electron chi connectivity index (χ1n) is 6.70. The lowest BCUT2D eigenvalue weighted by Gasteiger charge is -2.20. The smallest absolute Gasteiger partial charge is 0.324 e. The molecule has 0 amide bonds. The minimum atomic E-state index is -3.91. The predicted molar refractivity (Wildman–Crippen MR) is 81.7 cm³/mol. The van der Waals surface area contributed by atoms with Gasteiger partial charge in [-0.3, -0.25) is 13.8 Å². The summed E-state index contributed by atoms with van der Waals surface area (Å²) in [5.41, 5.74) is 1.05. The van der Waals surface area contributed by atoms with Crippen LogP contribution in [0.1, 0.15) is 24.3 Å². The van der Waals surface area contributed by atoms with E-state index in [2.05, 4.69) is 5.10 Å². The summed E-state index contributed by atoms with van der Waals surface area (Å²) in [6, 6.07) is 1.82. The number of aliphatic carboxylic acids is 1. The van der Waals surface area contributed by atoms with Crippen molar-refractivity contribution in [1.29, 1.82) is 0 Å². The number of nitrogens with zero attached hydrogens (tertiary/aromatic N) is 3. The third-order valence-corrected chi connectivity index (χ3v) is 6.73. The van der Waals surface area contributed by atoms with Crippen molar-refractivity contribution in [3.05, 3.63) is 29.4 Å². The van der Waals surface area contributed by atoms with Crippen LogP contribution in [0.4, 0.5) is 5.69 Å². The second-order valence-corrected chi connectivity index (χ2v) is 8.19. The average Bonchev–Trinajstić information content (AvgIpc) is 3.00. The Morgan fingerprint density at radius 2 is 2.27 bits per heavy atom. The number of hydrogen-bond donors (Lipinski definition) is 1. The summed E-state index contributed by atoms with van der Waals surface area (Å²) in [6.45, 7) is -0.629. The van der Waals surface area contributed by atoms with E-state index in [0.717, 1.165) is 34.0 Å². The van der Waals surface area contributed by atoms with E-state index in [-0.39, 0.29) is 15.8 Å². The number of carboxylic acids is 1. The van der Waals surface area contributed by atoms with Crippen LogP contribution in [-0.4, -0.2) is 35.8 Å². The highest BCUT2D eigenvalue weighted by molar-refractivity contribution is 7.94. The molecule has 0 aromatic carbocycles. The van der Waals surface area contributed by atoms with E-state index in [9.17, 15) is 13.2 Å². The standard InChI is InChI=1S/C13H15N3O4S2/c1-15-7-10(6-14-15)16(8-12(17)18)22(19,20)13-11(4-5-21-13)9-2-3-9/h4-7,9H,2-3,8H2,1H3,(H,17,18). The van der Waals surface area contributed by atoms with Crippen LogP contribution in [0.15, 0.2) is 28.0 Å². The fourth-order valence-corrected chi connectivity index (χ4v) is 5.30. The van der Waals surface area contributed by atoms with Gasteiger partial charge in [-0.05, 0) is 35.8 Å². The molecule has 9 heteroatoms. The van der Waals surface area contributed by atoms with Gasteiger partial charge in [-0.1, -0.05) is 0 Å². The van der Waals surface area contributed by atoms with Gasteiger partial charge in [-0.2, -0.15) is 5.10 Å². The number of carboxylic acid groups (broad SMARTS) is 1. The number of anilines is 1. The second kappa shape index (κ2) is 5.40. The van der Waals surface area contributed by atoms with E-state index in [1.807, 2.05) is 6.07 Å². The molecule has 0 aliphatic heterocycles. The molecule has 2 aromatic rings. The monoisotopic (exact) mass is 341 g/mol. The molecule has 7 nitrogen and oxygen atoms in total. The third-order valence-electron chi connectivity index (χ3n) is 3.46. The summed E-state index contributed by atoms with van der Waals surface area (Å²) in [4.78, 5) is 11.1. The minimum absolute atomic E-state index is 0.236. The molecule has 1 saturated carbocycles. The molecule has 0 unspecified atom stereocenters. The van der Waals surface area contributed by atoms with E-state index in [0.29, 0.717) is 0 Å². The summed E-state index contributed by atoms with van der Waals surface area (Å²) < 4.78 is 28.4. The lowest BCUT2D eigenvalue weighted by molar-refractivity contribution is -0.135. The van der Waals surface area contributed by atoms with E-state index in [1.54, 1.807) is 12.4 Å². The number of sulfonamides is 1. The summed E-state index contributed by atoms with van der Waals surface area (Å²) in [7, 11) is -2.26. The van der Waals surface area contributed by atoms with Crippen LogP contribution in [0.3, 0.4) is 0 Å². The molecule has 0 radical (unpaired) electrons. The molecule has 0 spiro atoms. The highest BCUT2D eigenvalue weighted by atomic mass is 32.2. The van der Waals surface area contributed by atoms with E-state index < -0.39 is 22.5 Å².